The molecule has 3 heteroatoms. The zero-order valence-corrected chi connectivity index (χ0v) is 22.3. The molecular weight excluding hydrogens is 408 g/mol. The summed E-state index contributed by atoms with van der Waals surface area (Å²) in [6, 6.07) is 0. The number of carbonyl (C=O) groups is 2. The Morgan fingerprint density at radius 1 is 1.12 bits per heavy atom. The molecule has 3 saturated carbocycles. The quantitative estimate of drug-likeness (QED) is 0.402. The largest absolute Gasteiger partial charge is 0.462 e. The summed E-state index contributed by atoms with van der Waals surface area (Å²) < 4.78 is 5.54. The topological polar surface area (TPSA) is 43.4 Å². The first kappa shape index (κ1) is 25.0. The standard InChI is InChI=1S/C30H48O3/c1-19(9-8-14-28(3,4)5)23-10-11-24-27-25(13-16-30(23,24)7)29(6)15-12-22(33-20(2)31)17-21(29)18-26(27)32/h18-19,22-25,27H,8-17H2,1-7H3/t19-,22+,23-,24+,25+,27+,29+,30-/m1/s1. The van der Waals surface area contributed by atoms with Gasteiger partial charge in [0.1, 0.15) is 6.10 Å². The minimum Gasteiger partial charge on any atom is -0.462 e. The van der Waals surface area contributed by atoms with Crippen LogP contribution >= 0.6 is 0 Å². The lowest BCUT2D eigenvalue weighted by Crippen LogP contribution is -2.53. The Hall–Kier alpha value is -1.12. The Morgan fingerprint density at radius 3 is 2.52 bits per heavy atom. The molecule has 186 valence electrons. The van der Waals surface area contributed by atoms with Gasteiger partial charge in [-0.15, -0.1) is 0 Å². The van der Waals surface area contributed by atoms with Crippen LogP contribution in [0.5, 0.6) is 0 Å². The van der Waals surface area contributed by atoms with Crippen molar-refractivity contribution in [2.45, 2.75) is 119 Å². The van der Waals surface area contributed by atoms with Crippen molar-refractivity contribution in [2.75, 3.05) is 0 Å². The summed E-state index contributed by atoms with van der Waals surface area (Å²) in [4.78, 5) is 25.1. The first-order valence-corrected chi connectivity index (χ1v) is 13.8. The average Bonchev–Trinajstić information content (AvgIpc) is 3.05. The van der Waals surface area contributed by atoms with Gasteiger partial charge in [-0.3, -0.25) is 9.59 Å². The maximum atomic E-state index is 13.6. The molecule has 0 spiro atoms. The molecule has 0 unspecified atom stereocenters. The number of hydrogen-bond donors (Lipinski definition) is 0. The number of esters is 1. The zero-order valence-electron chi connectivity index (χ0n) is 22.3. The van der Waals surface area contributed by atoms with Crippen LogP contribution in [0, 0.1) is 45.8 Å². The molecule has 0 heterocycles. The first-order chi connectivity index (χ1) is 15.3. The lowest BCUT2D eigenvalue weighted by atomic mass is 9.46. The maximum Gasteiger partial charge on any atom is 0.302 e. The molecule has 3 nitrogen and oxygen atoms in total. The van der Waals surface area contributed by atoms with Gasteiger partial charge in [-0.05, 0) is 90.9 Å². The van der Waals surface area contributed by atoms with Crippen LogP contribution in [0.3, 0.4) is 0 Å². The summed E-state index contributed by atoms with van der Waals surface area (Å²) in [5.74, 6) is 2.90. The minimum absolute atomic E-state index is 0.0511. The third-order valence-electron chi connectivity index (χ3n) is 10.6. The summed E-state index contributed by atoms with van der Waals surface area (Å²) in [6.45, 7) is 16.0. The number of hydrogen-bond acceptors (Lipinski definition) is 3. The van der Waals surface area contributed by atoms with E-state index in [4.69, 9.17) is 4.74 Å². The van der Waals surface area contributed by atoms with Crippen LogP contribution in [0.25, 0.3) is 0 Å². The number of ether oxygens (including phenoxy) is 1. The summed E-state index contributed by atoms with van der Waals surface area (Å²) in [7, 11) is 0. The Labute approximate surface area is 202 Å². The van der Waals surface area contributed by atoms with E-state index in [-0.39, 0.29) is 23.4 Å². The maximum absolute atomic E-state index is 13.6. The summed E-state index contributed by atoms with van der Waals surface area (Å²) >= 11 is 0. The molecule has 3 fully saturated rings. The van der Waals surface area contributed by atoms with Crippen molar-refractivity contribution in [3.8, 4) is 0 Å². The predicted molar refractivity (Wildman–Crippen MR) is 134 cm³/mol. The van der Waals surface area contributed by atoms with Crippen molar-refractivity contribution >= 4 is 11.8 Å². The molecule has 0 amide bonds. The van der Waals surface area contributed by atoms with Crippen LogP contribution in [-0.4, -0.2) is 17.9 Å². The predicted octanol–water partition coefficient (Wildman–Crippen LogP) is 7.53. The normalized spacial score (nSPS) is 41.5. The Morgan fingerprint density at radius 2 is 1.85 bits per heavy atom. The van der Waals surface area contributed by atoms with Crippen LogP contribution in [0.1, 0.15) is 113 Å². The number of allylic oxidation sites excluding steroid dienone is 1. The fourth-order valence-corrected chi connectivity index (χ4v) is 8.83. The Balaban J connectivity index is 1.51. The second-order valence-electron chi connectivity index (χ2n) is 13.9. The van der Waals surface area contributed by atoms with Gasteiger partial charge in [-0.25, -0.2) is 0 Å². The van der Waals surface area contributed by atoms with Crippen LogP contribution in [0.15, 0.2) is 11.6 Å². The van der Waals surface area contributed by atoms with E-state index in [1.54, 1.807) is 0 Å². The van der Waals surface area contributed by atoms with Gasteiger partial charge in [0.2, 0.25) is 0 Å². The van der Waals surface area contributed by atoms with E-state index in [0.29, 0.717) is 28.4 Å². The van der Waals surface area contributed by atoms with Crippen LogP contribution in [0.2, 0.25) is 0 Å². The van der Waals surface area contributed by atoms with Crippen molar-refractivity contribution in [2.24, 2.45) is 45.8 Å². The fourth-order valence-electron chi connectivity index (χ4n) is 8.83. The SMILES string of the molecule is CC(=O)O[C@H]1CC[C@@]2(C)C(=CC(=O)[C@H]3[C@@H]4CC[C@H]([C@H](C)CCCC(C)(C)C)[C@@]4(C)CC[C@@H]32)C1. The Kier molecular flexibility index (Phi) is 6.69. The average molecular weight is 457 g/mol. The molecule has 4 rings (SSSR count). The van der Waals surface area contributed by atoms with Gasteiger partial charge in [-0.1, -0.05) is 60.0 Å². The number of ketones is 1. The first-order valence-electron chi connectivity index (χ1n) is 13.8. The van der Waals surface area contributed by atoms with Crippen molar-refractivity contribution < 1.29 is 14.3 Å². The van der Waals surface area contributed by atoms with Gasteiger partial charge in [0, 0.05) is 19.3 Å². The highest BCUT2D eigenvalue weighted by Crippen LogP contribution is 2.66. The highest BCUT2D eigenvalue weighted by molar-refractivity contribution is 5.94. The van der Waals surface area contributed by atoms with Gasteiger partial charge in [0.15, 0.2) is 5.78 Å². The van der Waals surface area contributed by atoms with E-state index >= 15 is 0 Å². The smallest absolute Gasteiger partial charge is 0.302 e. The molecule has 0 N–H and O–H groups in total. The third kappa shape index (κ3) is 4.59. The van der Waals surface area contributed by atoms with Gasteiger partial charge < -0.3 is 4.74 Å². The van der Waals surface area contributed by atoms with Gasteiger partial charge in [-0.2, -0.15) is 0 Å². The molecule has 0 aromatic heterocycles. The number of fused-ring (bicyclic) bond motifs is 5. The van der Waals surface area contributed by atoms with Crippen LogP contribution in [-0.2, 0) is 14.3 Å². The number of carbonyl (C=O) groups excluding carboxylic acids is 2. The zero-order chi connectivity index (χ0) is 24.2. The lowest BCUT2D eigenvalue weighted by molar-refractivity contribution is -0.149. The van der Waals surface area contributed by atoms with Crippen molar-refractivity contribution in [3.05, 3.63) is 11.6 Å². The van der Waals surface area contributed by atoms with Crippen molar-refractivity contribution in [1.82, 2.24) is 0 Å². The molecular formula is C30H48O3. The Bertz CT molecular complexity index is 804. The molecule has 4 aliphatic rings. The molecule has 0 aromatic carbocycles. The van der Waals surface area contributed by atoms with E-state index in [2.05, 4.69) is 41.5 Å². The molecule has 4 aliphatic carbocycles. The second-order valence-corrected chi connectivity index (χ2v) is 13.9. The third-order valence-corrected chi connectivity index (χ3v) is 10.6. The van der Waals surface area contributed by atoms with E-state index < -0.39 is 0 Å². The summed E-state index contributed by atoms with van der Waals surface area (Å²) in [6.07, 6.45) is 13.6. The van der Waals surface area contributed by atoms with Gasteiger partial charge in [0.25, 0.3) is 0 Å². The van der Waals surface area contributed by atoms with E-state index in [0.717, 1.165) is 31.1 Å². The minimum atomic E-state index is -0.203. The molecule has 0 radical (unpaired) electrons. The fraction of sp³-hybridized carbons (Fsp3) is 0.867. The molecule has 0 aliphatic heterocycles. The monoisotopic (exact) mass is 456 g/mol. The summed E-state index contributed by atoms with van der Waals surface area (Å²) in [5.41, 5.74) is 2.10. The lowest BCUT2D eigenvalue weighted by Gasteiger charge is -2.57. The molecule has 33 heavy (non-hydrogen) atoms. The van der Waals surface area contributed by atoms with Crippen molar-refractivity contribution in [1.29, 1.82) is 0 Å². The van der Waals surface area contributed by atoms with Crippen molar-refractivity contribution in [3.63, 3.8) is 0 Å². The van der Waals surface area contributed by atoms with Gasteiger partial charge in [0.05, 0.1) is 0 Å². The van der Waals surface area contributed by atoms with E-state index in [1.165, 1.54) is 57.4 Å². The molecule has 0 saturated heterocycles. The van der Waals surface area contributed by atoms with Crippen LogP contribution in [0.4, 0.5) is 0 Å². The number of rotatable bonds is 5. The second kappa shape index (κ2) is 8.83. The highest BCUT2D eigenvalue weighted by atomic mass is 16.5. The highest BCUT2D eigenvalue weighted by Gasteiger charge is 2.61. The van der Waals surface area contributed by atoms with E-state index in [1.807, 2.05) is 6.08 Å². The van der Waals surface area contributed by atoms with Crippen LogP contribution < -0.4 is 0 Å². The van der Waals surface area contributed by atoms with E-state index in [9.17, 15) is 9.59 Å². The van der Waals surface area contributed by atoms with Gasteiger partial charge >= 0.3 is 5.97 Å². The molecule has 0 aromatic rings. The summed E-state index contributed by atoms with van der Waals surface area (Å²) in [5, 5.41) is 0. The molecule has 0 bridgehead atoms. The molecule has 8 atom stereocenters.